The second-order valence-electron chi connectivity index (χ2n) is 5.33. The van der Waals surface area contributed by atoms with Crippen molar-refractivity contribution >= 4 is 40.6 Å². The topological polar surface area (TPSA) is 37.4 Å². The predicted octanol–water partition coefficient (Wildman–Crippen LogP) is 4.04. The van der Waals surface area contributed by atoms with Gasteiger partial charge < -0.3 is 0 Å². The Labute approximate surface area is 148 Å². The van der Waals surface area contributed by atoms with Crippen LogP contribution in [0.4, 0.5) is 4.39 Å². The van der Waals surface area contributed by atoms with Crippen molar-refractivity contribution in [3.8, 4) is 0 Å². The Morgan fingerprint density at radius 3 is 2.12 bits per heavy atom. The maximum atomic E-state index is 12.9. The summed E-state index contributed by atoms with van der Waals surface area (Å²) in [5.74, 6) is -1.29. The van der Waals surface area contributed by atoms with E-state index < -0.39 is 11.8 Å². The maximum Gasteiger partial charge on any atom is 0.273 e. The van der Waals surface area contributed by atoms with Gasteiger partial charge in [0.15, 0.2) is 0 Å². The molecule has 6 heteroatoms. The highest BCUT2D eigenvalue weighted by Gasteiger charge is 2.37. The van der Waals surface area contributed by atoms with Crippen molar-refractivity contribution in [3.05, 3.63) is 75.5 Å². The van der Waals surface area contributed by atoms with Crippen LogP contribution in [0.5, 0.6) is 0 Å². The summed E-state index contributed by atoms with van der Waals surface area (Å²) in [5, 5.41) is 0.432. The minimum absolute atomic E-state index is 0.0959. The molecule has 2 aromatic carbocycles. The average molecular weight is 364 g/mol. The molecule has 1 heterocycles. The van der Waals surface area contributed by atoms with E-state index in [2.05, 4.69) is 0 Å². The molecule has 0 spiro atoms. The summed E-state index contributed by atoms with van der Waals surface area (Å²) in [6, 6.07) is 12.5. The molecule has 2 amide bonds. The van der Waals surface area contributed by atoms with Crippen LogP contribution in [0, 0.1) is 5.82 Å². The van der Waals surface area contributed by atoms with Crippen molar-refractivity contribution in [2.75, 3.05) is 6.54 Å². The van der Waals surface area contributed by atoms with Gasteiger partial charge in [-0.25, -0.2) is 4.39 Å². The molecule has 0 aromatic heterocycles. The van der Waals surface area contributed by atoms with Gasteiger partial charge in [-0.05, 0) is 41.8 Å². The molecule has 0 unspecified atom stereocenters. The first kappa shape index (κ1) is 16.7. The number of nitrogens with zero attached hydrogens (tertiary/aromatic N) is 1. The van der Waals surface area contributed by atoms with Crippen LogP contribution in [0.15, 0.2) is 53.6 Å². The van der Waals surface area contributed by atoms with E-state index in [0.29, 0.717) is 17.0 Å². The molecule has 24 heavy (non-hydrogen) atoms. The van der Waals surface area contributed by atoms with E-state index in [1.807, 2.05) is 0 Å². The molecular formula is C18H12Cl2FNO2. The minimum atomic E-state index is -0.520. The van der Waals surface area contributed by atoms with Crippen LogP contribution in [0.2, 0.25) is 5.02 Å². The first-order valence-electron chi connectivity index (χ1n) is 7.23. The number of benzene rings is 2. The Bertz CT molecular complexity index is 829. The molecule has 122 valence electrons. The van der Waals surface area contributed by atoms with Gasteiger partial charge in [-0.15, -0.1) is 0 Å². The van der Waals surface area contributed by atoms with Gasteiger partial charge in [-0.2, -0.15) is 0 Å². The summed E-state index contributed by atoms with van der Waals surface area (Å²) in [6.45, 7) is 0.177. The number of carbonyl (C=O) groups excluding carboxylic acids is 2. The smallest absolute Gasteiger partial charge is 0.273 e. The zero-order valence-corrected chi connectivity index (χ0v) is 13.9. The maximum absolute atomic E-state index is 12.9. The van der Waals surface area contributed by atoms with Crippen LogP contribution in [-0.4, -0.2) is 23.3 Å². The van der Waals surface area contributed by atoms with Crippen molar-refractivity contribution in [1.82, 2.24) is 4.90 Å². The Kier molecular flexibility index (Phi) is 4.69. The molecule has 0 fully saturated rings. The number of imide groups is 1. The highest BCUT2D eigenvalue weighted by molar-refractivity contribution is 6.55. The van der Waals surface area contributed by atoms with E-state index >= 15 is 0 Å². The number of halogens is 3. The number of amides is 2. The van der Waals surface area contributed by atoms with Crippen LogP contribution < -0.4 is 0 Å². The molecule has 0 saturated carbocycles. The highest BCUT2D eigenvalue weighted by Crippen LogP contribution is 2.32. The van der Waals surface area contributed by atoms with E-state index in [9.17, 15) is 14.0 Å². The van der Waals surface area contributed by atoms with Crippen molar-refractivity contribution < 1.29 is 14.0 Å². The molecule has 2 aromatic rings. The lowest BCUT2D eigenvalue weighted by Gasteiger charge is -2.14. The van der Waals surface area contributed by atoms with Gasteiger partial charge in [-0.3, -0.25) is 14.5 Å². The second-order valence-corrected chi connectivity index (χ2v) is 6.15. The molecule has 0 aliphatic carbocycles. The molecule has 3 rings (SSSR count). The predicted molar refractivity (Wildman–Crippen MR) is 91.0 cm³/mol. The van der Waals surface area contributed by atoms with E-state index in [1.54, 1.807) is 36.4 Å². The van der Waals surface area contributed by atoms with Crippen LogP contribution in [-0.2, 0) is 16.0 Å². The fourth-order valence-electron chi connectivity index (χ4n) is 2.51. The Balaban J connectivity index is 1.78. The van der Waals surface area contributed by atoms with Crippen molar-refractivity contribution in [1.29, 1.82) is 0 Å². The third kappa shape index (κ3) is 3.21. The van der Waals surface area contributed by atoms with Gasteiger partial charge in [-0.1, -0.05) is 47.5 Å². The molecule has 1 aliphatic rings. The molecule has 0 saturated heterocycles. The van der Waals surface area contributed by atoms with Crippen LogP contribution in [0.25, 0.3) is 5.57 Å². The minimum Gasteiger partial charge on any atom is -0.273 e. The first-order chi connectivity index (χ1) is 11.5. The molecule has 3 nitrogen and oxygen atoms in total. The summed E-state index contributed by atoms with van der Waals surface area (Å²) < 4.78 is 12.9. The molecule has 0 N–H and O–H groups in total. The Morgan fingerprint density at radius 1 is 0.875 bits per heavy atom. The standard InChI is InChI=1S/C18H12Cl2FNO2/c19-13-5-3-12(4-6-13)15-16(20)18(24)22(17(15)23)10-9-11-1-7-14(21)8-2-11/h1-8H,9-10H2. The summed E-state index contributed by atoms with van der Waals surface area (Å²) >= 11 is 11.9. The van der Waals surface area contributed by atoms with Gasteiger partial charge in [0.2, 0.25) is 0 Å². The zero-order valence-electron chi connectivity index (χ0n) is 12.4. The van der Waals surface area contributed by atoms with Crippen molar-refractivity contribution in [2.24, 2.45) is 0 Å². The number of hydrogen-bond acceptors (Lipinski definition) is 2. The van der Waals surface area contributed by atoms with Gasteiger partial charge in [0.05, 0.1) is 5.57 Å². The number of rotatable bonds is 4. The lowest BCUT2D eigenvalue weighted by Crippen LogP contribution is -2.33. The lowest BCUT2D eigenvalue weighted by atomic mass is 10.1. The third-order valence-electron chi connectivity index (χ3n) is 3.78. The van der Waals surface area contributed by atoms with Crippen molar-refractivity contribution in [3.63, 3.8) is 0 Å². The van der Waals surface area contributed by atoms with Gasteiger partial charge in [0, 0.05) is 11.6 Å². The van der Waals surface area contributed by atoms with E-state index in [1.165, 1.54) is 12.1 Å². The average Bonchev–Trinajstić information content (AvgIpc) is 2.78. The fraction of sp³-hybridized carbons (Fsp3) is 0.111. The largest absolute Gasteiger partial charge is 0.273 e. The number of carbonyl (C=O) groups is 2. The summed E-state index contributed by atoms with van der Waals surface area (Å²) in [7, 11) is 0. The first-order valence-corrected chi connectivity index (χ1v) is 7.99. The van der Waals surface area contributed by atoms with Gasteiger partial charge >= 0.3 is 0 Å². The van der Waals surface area contributed by atoms with Crippen LogP contribution in [0.3, 0.4) is 0 Å². The van der Waals surface area contributed by atoms with Gasteiger partial charge in [0.25, 0.3) is 11.8 Å². The Hall–Kier alpha value is -2.17. The molecule has 1 aliphatic heterocycles. The normalized spacial score (nSPS) is 14.7. The monoisotopic (exact) mass is 363 g/mol. The van der Waals surface area contributed by atoms with Crippen LogP contribution in [0.1, 0.15) is 11.1 Å². The highest BCUT2D eigenvalue weighted by atomic mass is 35.5. The fourth-order valence-corrected chi connectivity index (χ4v) is 2.93. The molecule has 0 bridgehead atoms. The molecule has 0 radical (unpaired) electrons. The summed E-state index contributed by atoms with van der Waals surface area (Å²) in [4.78, 5) is 25.9. The van der Waals surface area contributed by atoms with Crippen LogP contribution >= 0.6 is 23.2 Å². The zero-order chi connectivity index (χ0) is 17.3. The van der Waals surface area contributed by atoms with E-state index in [0.717, 1.165) is 10.5 Å². The lowest BCUT2D eigenvalue weighted by molar-refractivity contribution is -0.136. The summed E-state index contributed by atoms with van der Waals surface area (Å²) in [6.07, 6.45) is 0.426. The van der Waals surface area contributed by atoms with E-state index in [4.69, 9.17) is 23.2 Å². The quantitative estimate of drug-likeness (QED) is 0.768. The molecule has 0 atom stereocenters. The number of hydrogen-bond donors (Lipinski definition) is 0. The SMILES string of the molecule is O=C1C(Cl)=C(c2ccc(Cl)cc2)C(=O)N1CCc1ccc(F)cc1. The van der Waals surface area contributed by atoms with E-state index in [-0.39, 0.29) is 23.0 Å². The third-order valence-corrected chi connectivity index (χ3v) is 4.38. The summed E-state index contributed by atoms with van der Waals surface area (Å²) in [5.41, 5.74) is 1.55. The Morgan fingerprint density at radius 2 is 1.50 bits per heavy atom. The van der Waals surface area contributed by atoms with Crippen molar-refractivity contribution in [2.45, 2.75) is 6.42 Å². The second kappa shape index (κ2) is 6.75. The van der Waals surface area contributed by atoms with Gasteiger partial charge in [0.1, 0.15) is 10.8 Å². The molecular weight excluding hydrogens is 352 g/mol.